The van der Waals surface area contributed by atoms with Crippen LogP contribution in [0.4, 0.5) is 0 Å². The van der Waals surface area contributed by atoms with Crippen LogP contribution in [0.3, 0.4) is 0 Å². The molecule has 1 aromatic rings. The Hall–Kier alpha value is -0.940. The van der Waals surface area contributed by atoms with Gasteiger partial charge in [0.15, 0.2) is 0 Å². The van der Waals surface area contributed by atoms with Gasteiger partial charge in [-0.1, -0.05) is 0 Å². The Labute approximate surface area is 118 Å². The van der Waals surface area contributed by atoms with E-state index in [2.05, 4.69) is 10.3 Å². The van der Waals surface area contributed by atoms with Gasteiger partial charge in [0.1, 0.15) is 0 Å². The van der Waals surface area contributed by atoms with Gasteiger partial charge in [0.25, 0.3) is 0 Å². The highest BCUT2D eigenvalue weighted by Crippen LogP contribution is 2.16. The number of nitrogens with zero attached hydrogens (tertiary/aromatic N) is 1. The molecule has 1 saturated heterocycles. The van der Waals surface area contributed by atoms with E-state index in [1.165, 1.54) is 11.3 Å². The van der Waals surface area contributed by atoms with Crippen LogP contribution in [-0.4, -0.2) is 30.6 Å². The van der Waals surface area contributed by atoms with Crippen LogP contribution in [0.15, 0.2) is 5.51 Å². The van der Waals surface area contributed by atoms with E-state index < -0.39 is 0 Å². The van der Waals surface area contributed by atoms with Crippen LogP contribution in [0, 0.1) is 12.8 Å². The van der Waals surface area contributed by atoms with Gasteiger partial charge in [-0.3, -0.25) is 4.79 Å². The smallest absolute Gasteiger partial charge is 0.220 e. The van der Waals surface area contributed by atoms with Gasteiger partial charge >= 0.3 is 0 Å². The lowest BCUT2D eigenvalue weighted by molar-refractivity contribution is -0.121. The van der Waals surface area contributed by atoms with Crippen molar-refractivity contribution in [2.24, 2.45) is 5.92 Å². The van der Waals surface area contributed by atoms with Gasteiger partial charge in [0, 0.05) is 31.1 Å². The normalized spacial score (nSPS) is 19.3. The van der Waals surface area contributed by atoms with Crippen molar-refractivity contribution in [1.82, 2.24) is 10.3 Å². The number of amides is 1. The number of ether oxygens (including phenoxy) is 1. The quantitative estimate of drug-likeness (QED) is 0.871. The number of hydrogen-bond acceptors (Lipinski definition) is 4. The van der Waals surface area contributed by atoms with Gasteiger partial charge in [0.2, 0.25) is 5.91 Å². The highest BCUT2D eigenvalue weighted by Gasteiger charge is 2.13. The van der Waals surface area contributed by atoms with Crippen LogP contribution in [0.2, 0.25) is 0 Å². The van der Waals surface area contributed by atoms with E-state index >= 15 is 0 Å². The molecule has 1 N–H and O–H groups in total. The first-order chi connectivity index (χ1) is 9.25. The summed E-state index contributed by atoms with van der Waals surface area (Å²) in [6.45, 7) is 4.52. The zero-order valence-corrected chi connectivity index (χ0v) is 12.3. The van der Waals surface area contributed by atoms with Crippen molar-refractivity contribution < 1.29 is 9.53 Å². The molecular weight excluding hydrogens is 260 g/mol. The van der Waals surface area contributed by atoms with E-state index in [-0.39, 0.29) is 5.91 Å². The molecule has 0 aliphatic carbocycles. The summed E-state index contributed by atoms with van der Waals surface area (Å²) >= 11 is 1.63. The molecule has 1 aliphatic rings. The molecule has 1 amide bonds. The first kappa shape index (κ1) is 14.5. The average molecular weight is 282 g/mol. The number of nitrogens with one attached hydrogen (secondary N) is 1. The second-order valence-corrected chi connectivity index (χ2v) is 6.02. The topological polar surface area (TPSA) is 51.2 Å². The summed E-state index contributed by atoms with van der Waals surface area (Å²) in [6.07, 6.45) is 4.78. The fourth-order valence-corrected chi connectivity index (χ4v) is 3.11. The third kappa shape index (κ3) is 4.91. The zero-order valence-electron chi connectivity index (χ0n) is 11.5. The van der Waals surface area contributed by atoms with E-state index in [0.29, 0.717) is 12.3 Å². The summed E-state index contributed by atoms with van der Waals surface area (Å²) in [5, 5.41) is 3.00. The van der Waals surface area contributed by atoms with Crippen LogP contribution in [0.1, 0.15) is 36.3 Å². The van der Waals surface area contributed by atoms with Crippen LogP contribution in [0.25, 0.3) is 0 Å². The number of thiazole rings is 1. The number of carbonyl (C=O) groups excluding carboxylic acids is 1. The lowest BCUT2D eigenvalue weighted by Gasteiger charge is -2.21. The highest BCUT2D eigenvalue weighted by atomic mass is 32.1. The predicted molar refractivity (Wildman–Crippen MR) is 76.3 cm³/mol. The van der Waals surface area contributed by atoms with E-state index in [1.807, 2.05) is 12.4 Å². The van der Waals surface area contributed by atoms with Crippen molar-refractivity contribution in [1.29, 1.82) is 0 Å². The Morgan fingerprint density at radius 1 is 1.63 bits per heavy atom. The molecule has 5 heteroatoms. The Morgan fingerprint density at radius 2 is 2.53 bits per heavy atom. The molecule has 0 spiro atoms. The van der Waals surface area contributed by atoms with Crippen LogP contribution < -0.4 is 5.32 Å². The molecule has 0 aromatic carbocycles. The standard InChI is InChI=1S/C14H22N2O2S/c1-11-13(19-10-16-11)4-5-14(17)15-7-6-12-3-2-8-18-9-12/h10,12H,2-9H2,1H3,(H,15,17). The summed E-state index contributed by atoms with van der Waals surface area (Å²) in [5.74, 6) is 0.766. The number of carbonyl (C=O) groups is 1. The maximum Gasteiger partial charge on any atom is 0.220 e. The minimum absolute atomic E-state index is 0.143. The van der Waals surface area contributed by atoms with Crippen molar-refractivity contribution in [2.75, 3.05) is 19.8 Å². The number of rotatable bonds is 6. The minimum atomic E-state index is 0.143. The molecule has 106 valence electrons. The van der Waals surface area contributed by atoms with Crippen LogP contribution in [-0.2, 0) is 16.0 Å². The molecule has 1 fully saturated rings. The van der Waals surface area contributed by atoms with Gasteiger partial charge in [-0.05, 0) is 38.5 Å². The number of hydrogen-bond donors (Lipinski definition) is 1. The fourth-order valence-electron chi connectivity index (χ4n) is 2.33. The molecule has 0 radical (unpaired) electrons. The molecule has 1 atom stereocenters. The summed E-state index contributed by atoms with van der Waals surface area (Å²) in [5.41, 5.74) is 2.89. The largest absolute Gasteiger partial charge is 0.381 e. The SMILES string of the molecule is Cc1ncsc1CCC(=O)NCCC1CCCOC1. The first-order valence-electron chi connectivity index (χ1n) is 6.99. The van der Waals surface area contributed by atoms with Crippen molar-refractivity contribution in [3.05, 3.63) is 16.1 Å². The number of aryl methyl sites for hydroxylation is 2. The second kappa shape index (κ2) is 7.60. The van der Waals surface area contributed by atoms with Gasteiger partial charge in [-0.15, -0.1) is 11.3 Å². The van der Waals surface area contributed by atoms with Gasteiger partial charge < -0.3 is 10.1 Å². The summed E-state index contributed by atoms with van der Waals surface area (Å²) in [4.78, 5) is 17.1. The molecule has 2 heterocycles. The third-order valence-corrected chi connectivity index (χ3v) is 4.55. The number of aromatic nitrogens is 1. The zero-order chi connectivity index (χ0) is 13.5. The van der Waals surface area contributed by atoms with Crippen molar-refractivity contribution >= 4 is 17.2 Å². The van der Waals surface area contributed by atoms with Crippen molar-refractivity contribution in [3.8, 4) is 0 Å². The van der Waals surface area contributed by atoms with E-state index in [4.69, 9.17) is 4.74 Å². The third-order valence-electron chi connectivity index (χ3n) is 3.55. The van der Waals surface area contributed by atoms with Crippen LogP contribution in [0.5, 0.6) is 0 Å². The molecule has 19 heavy (non-hydrogen) atoms. The van der Waals surface area contributed by atoms with Crippen LogP contribution >= 0.6 is 11.3 Å². The van der Waals surface area contributed by atoms with E-state index in [0.717, 1.165) is 44.7 Å². The molecule has 2 rings (SSSR count). The Morgan fingerprint density at radius 3 is 3.21 bits per heavy atom. The van der Waals surface area contributed by atoms with Gasteiger partial charge in [-0.25, -0.2) is 4.98 Å². The molecule has 4 nitrogen and oxygen atoms in total. The van der Waals surface area contributed by atoms with Gasteiger partial charge in [0.05, 0.1) is 11.2 Å². The second-order valence-electron chi connectivity index (χ2n) is 5.08. The van der Waals surface area contributed by atoms with E-state index in [1.54, 1.807) is 11.3 Å². The Balaban J connectivity index is 1.58. The average Bonchev–Trinajstić information content (AvgIpc) is 2.83. The fraction of sp³-hybridized carbons (Fsp3) is 0.714. The molecule has 0 saturated carbocycles. The van der Waals surface area contributed by atoms with Crippen molar-refractivity contribution in [3.63, 3.8) is 0 Å². The summed E-state index contributed by atoms with van der Waals surface area (Å²) in [7, 11) is 0. The summed E-state index contributed by atoms with van der Waals surface area (Å²) < 4.78 is 5.43. The first-order valence-corrected chi connectivity index (χ1v) is 7.87. The molecule has 1 aromatic heterocycles. The lowest BCUT2D eigenvalue weighted by Crippen LogP contribution is -2.28. The maximum atomic E-state index is 11.7. The van der Waals surface area contributed by atoms with Gasteiger partial charge in [-0.2, -0.15) is 0 Å². The molecule has 1 unspecified atom stereocenters. The Kier molecular flexibility index (Phi) is 5.79. The molecule has 0 bridgehead atoms. The minimum Gasteiger partial charge on any atom is -0.381 e. The predicted octanol–water partition coefficient (Wildman–Crippen LogP) is 2.32. The highest BCUT2D eigenvalue weighted by molar-refractivity contribution is 7.09. The molecular formula is C14H22N2O2S. The maximum absolute atomic E-state index is 11.7. The monoisotopic (exact) mass is 282 g/mol. The molecule has 1 aliphatic heterocycles. The van der Waals surface area contributed by atoms with E-state index in [9.17, 15) is 4.79 Å². The lowest BCUT2D eigenvalue weighted by atomic mass is 9.99. The van der Waals surface area contributed by atoms with Crippen molar-refractivity contribution in [2.45, 2.75) is 39.0 Å². The Bertz CT molecular complexity index is 400. The summed E-state index contributed by atoms with van der Waals surface area (Å²) in [6, 6.07) is 0.